The maximum atomic E-state index is 11.9. The molecule has 6 nitrogen and oxygen atoms in total. The van der Waals surface area contributed by atoms with Crippen molar-refractivity contribution in [3.8, 4) is 0 Å². The van der Waals surface area contributed by atoms with Crippen molar-refractivity contribution in [1.82, 2.24) is 4.72 Å². The minimum atomic E-state index is -3.46. The van der Waals surface area contributed by atoms with E-state index in [9.17, 15) is 8.42 Å². The van der Waals surface area contributed by atoms with E-state index in [1.807, 2.05) is 0 Å². The first-order chi connectivity index (χ1) is 9.97. The molecule has 1 unspecified atom stereocenters. The maximum absolute atomic E-state index is 11.9. The van der Waals surface area contributed by atoms with Gasteiger partial charge in [-0.3, -0.25) is 0 Å². The topological polar surface area (TPSA) is 84.7 Å². The Balaban J connectivity index is 2.28. The Morgan fingerprint density at radius 2 is 2.24 bits per heavy atom. The lowest BCUT2D eigenvalue weighted by atomic mass is 9.98. The molecule has 1 heterocycles. The van der Waals surface area contributed by atoms with Gasteiger partial charge in [0.2, 0.25) is 10.0 Å². The van der Waals surface area contributed by atoms with E-state index in [4.69, 9.17) is 10.5 Å². The van der Waals surface area contributed by atoms with E-state index in [1.165, 1.54) is 13.1 Å². The summed E-state index contributed by atoms with van der Waals surface area (Å²) in [5.41, 5.74) is 7.42. The van der Waals surface area contributed by atoms with E-state index in [-0.39, 0.29) is 4.90 Å². The van der Waals surface area contributed by atoms with Crippen LogP contribution in [0.3, 0.4) is 0 Å². The molecule has 0 bridgehead atoms. The highest BCUT2D eigenvalue weighted by Crippen LogP contribution is 2.30. The zero-order chi connectivity index (χ0) is 15.5. The van der Waals surface area contributed by atoms with Crippen LogP contribution in [0, 0.1) is 5.92 Å². The number of nitrogens with two attached hydrogens (primary N) is 1. The lowest BCUT2D eigenvalue weighted by Gasteiger charge is -2.35. The second-order valence-electron chi connectivity index (χ2n) is 5.34. The first kappa shape index (κ1) is 16.1. The van der Waals surface area contributed by atoms with Crippen LogP contribution in [0.2, 0.25) is 0 Å². The molecule has 118 valence electrons. The van der Waals surface area contributed by atoms with Crippen LogP contribution in [-0.4, -0.2) is 42.3 Å². The standard InChI is InChI=1S/C14H23N3O3S/c1-16-21(18,19)12-5-6-13(15)14(8-12)17-7-3-4-11(9-17)10-20-2/h5-6,8,11,16H,3-4,7,9-10,15H2,1-2H3. The molecule has 1 fully saturated rings. The average Bonchev–Trinajstić information content (AvgIpc) is 2.48. The van der Waals surface area contributed by atoms with Crippen molar-refractivity contribution in [3.63, 3.8) is 0 Å². The van der Waals surface area contributed by atoms with Crippen LogP contribution in [0.15, 0.2) is 23.1 Å². The predicted molar refractivity (Wildman–Crippen MR) is 83.9 cm³/mol. The number of methoxy groups -OCH3 is 1. The molecule has 1 aliphatic rings. The third-order valence-electron chi connectivity index (χ3n) is 3.84. The van der Waals surface area contributed by atoms with Crippen molar-refractivity contribution >= 4 is 21.4 Å². The molecule has 0 spiro atoms. The van der Waals surface area contributed by atoms with E-state index in [2.05, 4.69) is 9.62 Å². The van der Waals surface area contributed by atoms with Gasteiger partial charge in [0.05, 0.1) is 22.9 Å². The molecular weight excluding hydrogens is 290 g/mol. The van der Waals surface area contributed by atoms with Gasteiger partial charge >= 0.3 is 0 Å². The van der Waals surface area contributed by atoms with Crippen LogP contribution in [0.4, 0.5) is 11.4 Å². The van der Waals surface area contributed by atoms with E-state index in [1.54, 1.807) is 19.2 Å². The van der Waals surface area contributed by atoms with Crippen molar-refractivity contribution in [3.05, 3.63) is 18.2 Å². The van der Waals surface area contributed by atoms with Gasteiger partial charge in [0.25, 0.3) is 0 Å². The quantitative estimate of drug-likeness (QED) is 0.794. The SMILES string of the molecule is CNS(=O)(=O)c1ccc(N)c(N2CCCC(COC)C2)c1. The van der Waals surface area contributed by atoms with Gasteiger partial charge in [-0.15, -0.1) is 0 Å². The van der Waals surface area contributed by atoms with Gasteiger partial charge in [-0.25, -0.2) is 13.1 Å². The number of piperidine rings is 1. The molecule has 1 aromatic carbocycles. The first-order valence-corrected chi connectivity index (χ1v) is 8.53. The number of nitrogens with zero attached hydrogens (tertiary/aromatic N) is 1. The van der Waals surface area contributed by atoms with Crippen LogP contribution in [0.25, 0.3) is 0 Å². The van der Waals surface area contributed by atoms with Crippen molar-refractivity contribution < 1.29 is 13.2 Å². The lowest BCUT2D eigenvalue weighted by Crippen LogP contribution is -2.37. The van der Waals surface area contributed by atoms with Gasteiger partial charge < -0.3 is 15.4 Å². The number of nitrogens with one attached hydrogen (secondary N) is 1. The summed E-state index contributed by atoms with van der Waals surface area (Å²) in [4.78, 5) is 2.39. The largest absolute Gasteiger partial charge is 0.397 e. The summed E-state index contributed by atoms with van der Waals surface area (Å²) in [6, 6.07) is 4.83. The van der Waals surface area contributed by atoms with Gasteiger partial charge in [-0.2, -0.15) is 0 Å². The fraction of sp³-hybridized carbons (Fsp3) is 0.571. The first-order valence-electron chi connectivity index (χ1n) is 7.05. The highest BCUT2D eigenvalue weighted by Gasteiger charge is 2.23. The zero-order valence-electron chi connectivity index (χ0n) is 12.5. The normalized spacial score (nSPS) is 19.7. The van der Waals surface area contributed by atoms with Crippen molar-refractivity contribution in [2.75, 3.05) is 44.5 Å². The summed E-state index contributed by atoms with van der Waals surface area (Å²) in [7, 11) is -0.351. The Bertz CT molecular complexity index is 587. The number of anilines is 2. The van der Waals surface area contributed by atoms with E-state index in [0.29, 0.717) is 18.2 Å². The summed E-state index contributed by atoms with van der Waals surface area (Å²) < 4.78 is 31.4. The fourth-order valence-electron chi connectivity index (χ4n) is 2.74. The maximum Gasteiger partial charge on any atom is 0.240 e. The molecule has 21 heavy (non-hydrogen) atoms. The molecule has 0 aliphatic carbocycles. The lowest BCUT2D eigenvalue weighted by molar-refractivity contribution is 0.143. The van der Waals surface area contributed by atoms with E-state index in [0.717, 1.165) is 31.6 Å². The number of nitrogen functional groups attached to an aromatic ring is 1. The molecule has 0 radical (unpaired) electrons. The summed E-state index contributed by atoms with van der Waals surface area (Å²) >= 11 is 0. The molecule has 0 amide bonds. The highest BCUT2D eigenvalue weighted by atomic mass is 32.2. The number of benzene rings is 1. The fourth-order valence-corrected chi connectivity index (χ4v) is 3.49. The van der Waals surface area contributed by atoms with E-state index < -0.39 is 10.0 Å². The molecule has 1 aromatic rings. The van der Waals surface area contributed by atoms with Crippen molar-refractivity contribution in [2.24, 2.45) is 5.92 Å². The minimum Gasteiger partial charge on any atom is -0.397 e. The van der Waals surface area contributed by atoms with Crippen LogP contribution >= 0.6 is 0 Å². The highest BCUT2D eigenvalue weighted by molar-refractivity contribution is 7.89. The molecule has 3 N–H and O–H groups in total. The third kappa shape index (κ3) is 3.66. The monoisotopic (exact) mass is 313 g/mol. The summed E-state index contributed by atoms with van der Waals surface area (Å²) in [6.45, 7) is 2.43. The molecule has 0 saturated carbocycles. The Morgan fingerprint density at radius 1 is 1.48 bits per heavy atom. The van der Waals surface area contributed by atoms with Gasteiger partial charge in [-0.1, -0.05) is 0 Å². The Morgan fingerprint density at radius 3 is 2.90 bits per heavy atom. The van der Waals surface area contributed by atoms with E-state index >= 15 is 0 Å². The molecule has 0 aromatic heterocycles. The minimum absolute atomic E-state index is 0.239. The number of hydrogen-bond acceptors (Lipinski definition) is 5. The van der Waals surface area contributed by atoms with Crippen LogP contribution < -0.4 is 15.4 Å². The summed E-state index contributed by atoms with van der Waals surface area (Å²) in [5, 5.41) is 0. The van der Waals surface area contributed by atoms with Crippen LogP contribution in [0.5, 0.6) is 0 Å². The van der Waals surface area contributed by atoms with Crippen LogP contribution in [-0.2, 0) is 14.8 Å². The Kier molecular flexibility index (Phi) is 5.08. The third-order valence-corrected chi connectivity index (χ3v) is 5.25. The van der Waals surface area contributed by atoms with Crippen LogP contribution in [0.1, 0.15) is 12.8 Å². The Labute approximate surface area is 126 Å². The zero-order valence-corrected chi connectivity index (χ0v) is 13.3. The molecular formula is C14H23N3O3S. The second-order valence-corrected chi connectivity index (χ2v) is 7.22. The molecule has 1 atom stereocenters. The number of hydrogen-bond donors (Lipinski definition) is 2. The second kappa shape index (κ2) is 6.64. The van der Waals surface area contributed by atoms with Gasteiger partial charge in [0.15, 0.2) is 0 Å². The van der Waals surface area contributed by atoms with Gasteiger partial charge in [0.1, 0.15) is 0 Å². The van der Waals surface area contributed by atoms with Gasteiger partial charge in [-0.05, 0) is 44.0 Å². The molecule has 1 aliphatic heterocycles. The number of ether oxygens (including phenoxy) is 1. The average molecular weight is 313 g/mol. The molecule has 1 saturated heterocycles. The molecule has 2 rings (SSSR count). The van der Waals surface area contributed by atoms with Crippen molar-refractivity contribution in [2.45, 2.75) is 17.7 Å². The predicted octanol–water partition coefficient (Wildman–Crippen LogP) is 1.04. The number of sulfonamides is 1. The smallest absolute Gasteiger partial charge is 0.240 e. The van der Waals surface area contributed by atoms with Crippen molar-refractivity contribution in [1.29, 1.82) is 0 Å². The van der Waals surface area contributed by atoms with Gasteiger partial charge in [0, 0.05) is 20.2 Å². The molecule has 7 heteroatoms. The number of rotatable bonds is 5. The summed E-state index contributed by atoms with van der Waals surface area (Å²) in [5.74, 6) is 0.452. The summed E-state index contributed by atoms with van der Waals surface area (Å²) in [6.07, 6.45) is 2.18. The Hall–Kier alpha value is -1.31.